The minimum Gasteiger partial charge on any atom is -0.295 e. The van der Waals surface area contributed by atoms with Crippen molar-refractivity contribution >= 4 is 22.9 Å². The lowest BCUT2D eigenvalue weighted by Gasteiger charge is -2.08. The van der Waals surface area contributed by atoms with E-state index >= 15 is 0 Å². The van der Waals surface area contributed by atoms with Crippen molar-refractivity contribution < 1.29 is 4.79 Å². The summed E-state index contributed by atoms with van der Waals surface area (Å²) in [6, 6.07) is 6.24. The van der Waals surface area contributed by atoms with E-state index in [2.05, 4.69) is 20.3 Å². The Bertz CT molecular complexity index is 1040. The van der Waals surface area contributed by atoms with Crippen molar-refractivity contribution in [2.75, 3.05) is 5.32 Å². The van der Waals surface area contributed by atoms with E-state index in [0.29, 0.717) is 16.7 Å². The summed E-state index contributed by atoms with van der Waals surface area (Å²) in [6.07, 6.45) is 1.57. The van der Waals surface area contributed by atoms with Crippen LogP contribution in [0.25, 0.3) is 11.0 Å². The van der Waals surface area contributed by atoms with E-state index in [9.17, 15) is 14.4 Å². The highest BCUT2D eigenvalue weighted by atomic mass is 16.2. The number of nitrogens with one attached hydrogen (secondary N) is 2. The molecule has 0 aliphatic heterocycles. The summed E-state index contributed by atoms with van der Waals surface area (Å²) >= 11 is 0. The zero-order valence-corrected chi connectivity index (χ0v) is 12.5. The van der Waals surface area contributed by atoms with Crippen molar-refractivity contribution in [3.8, 4) is 0 Å². The maximum atomic E-state index is 12.3. The van der Waals surface area contributed by atoms with E-state index in [1.54, 1.807) is 32.3 Å². The van der Waals surface area contributed by atoms with E-state index in [1.165, 1.54) is 16.7 Å². The smallest absolute Gasteiger partial charge is 0.264 e. The van der Waals surface area contributed by atoms with Gasteiger partial charge in [-0.1, -0.05) is 0 Å². The second-order valence-electron chi connectivity index (χ2n) is 5.03. The Morgan fingerprint density at radius 2 is 2.09 bits per heavy atom. The fourth-order valence-electron chi connectivity index (χ4n) is 2.27. The molecule has 0 atom stereocenters. The number of aromatic nitrogens is 4. The zero-order chi connectivity index (χ0) is 16.6. The van der Waals surface area contributed by atoms with Crippen molar-refractivity contribution in [3.05, 3.63) is 62.4 Å². The zero-order valence-electron chi connectivity index (χ0n) is 12.5. The molecule has 23 heavy (non-hydrogen) atoms. The maximum absolute atomic E-state index is 12.3. The third-order valence-corrected chi connectivity index (χ3v) is 3.32. The lowest BCUT2D eigenvalue weighted by molar-refractivity contribution is 0.102. The molecule has 0 fully saturated rings. The number of aromatic amines is 1. The van der Waals surface area contributed by atoms with Crippen LogP contribution in [0.1, 0.15) is 16.1 Å². The number of anilines is 1. The molecule has 3 aromatic heterocycles. The highest BCUT2D eigenvalue weighted by Gasteiger charge is 2.15. The SMILES string of the molecule is Cc1cc(=O)[nH]c(NC(=O)c2cc3cccnc3n(C)c2=O)n1. The second-order valence-corrected chi connectivity index (χ2v) is 5.03. The molecule has 3 aromatic rings. The van der Waals surface area contributed by atoms with E-state index in [-0.39, 0.29) is 17.1 Å². The molecule has 0 saturated heterocycles. The van der Waals surface area contributed by atoms with Gasteiger partial charge < -0.3 is 0 Å². The summed E-state index contributed by atoms with van der Waals surface area (Å²) in [7, 11) is 1.54. The number of nitrogens with zero attached hydrogens (tertiary/aromatic N) is 3. The van der Waals surface area contributed by atoms with Gasteiger partial charge in [0, 0.05) is 30.4 Å². The third-order valence-electron chi connectivity index (χ3n) is 3.32. The van der Waals surface area contributed by atoms with E-state index in [0.717, 1.165) is 0 Å². The molecular formula is C15H13N5O3. The summed E-state index contributed by atoms with van der Waals surface area (Å²) in [5.74, 6) is -0.654. The molecule has 0 unspecified atom stereocenters. The molecule has 1 amide bonds. The van der Waals surface area contributed by atoms with Gasteiger partial charge in [0.2, 0.25) is 5.95 Å². The van der Waals surface area contributed by atoms with Crippen molar-refractivity contribution in [2.24, 2.45) is 7.05 Å². The quantitative estimate of drug-likeness (QED) is 0.719. The molecule has 0 bridgehead atoms. The van der Waals surface area contributed by atoms with E-state index in [4.69, 9.17) is 0 Å². The van der Waals surface area contributed by atoms with Gasteiger partial charge >= 0.3 is 0 Å². The number of rotatable bonds is 2. The maximum Gasteiger partial charge on any atom is 0.264 e. The fourth-order valence-corrected chi connectivity index (χ4v) is 2.27. The topological polar surface area (TPSA) is 110 Å². The largest absolute Gasteiger partial charge is 0.295 e. The first-order valence-corrected chi connectivity index (χ1v) is 6.80. The molecule has 3 rings (SSSR count). The standard InChI is InChI=1S/C15H13N5O3/c1-8-6-11(21)18-15(17-8)19-13(22)10-7-9-4-3-5-16-12(9)20(2)14(10)23/h3-7H,1-2H3,(H2,17,18,19,21,22). The molecule has 0 aliphatic carbocycles. The molecule has 3 heterocycles. The fraction of sp³-hybridized carbons (Fsp3) is 0.133. The Balaban J connectivity index is 2.06. The molecule has 0 aliphatic rings. The normalized spacial score (nSPS) is 10.7. The molecule has 0 radical (unpaired) electrons. The van der Waals surface area contributed by atoms with Crippen LogP contribution in [0.5, 0.6) is 0 Å². The Labute approximate surface area is 129 Å². The van der Waals surface area contributed by atoms with Gasteiger partial charge in [0.1, 0.15) is 11.2 Å². The van der Waals surface area contributed by atoms with Crippen LogP contribution in [-0.4, -0.2) is 25.4 Å². The lowest BCUT2D eigenvalue weighted by Crippen LogP contribution is -2.29. The van der Waals surface area contributed by atoms with E-state index < -0.39 is 11.5 Å². The number of H-pyrrole nitrogens is 1. The van der Waals surface area contributed by atoms with Crippen molar-refractivity contribution in [2.45, 2.75) is 6.92 Å². The van der Waals surface area contributed by atoms with Gasteiger partial charge in [-0.3, -0.25) is 29.3 Å². The summed E-state index contributed by atoms with van der Waals surface area (Å²) in [5, 5.41) is 3.09. The molecule has 0 saturated carbocycles. The number of carbonyl (C=O) groups is 1. The predicted octanol–water partition coefficient (Wildman–Crippen LogP) is 0.578. The number of amides is 1. The number of hydrogen-bond acceptors (Lipinski definition) is 5. The molecule has 116 valence electrons. The summed E-state index contributed by atoms with van der Waals surface area (Å²) in [4.78, 5) is 46.6. The van der Waals surface area contributed by atoms with Crippen LogP contribution in [-0.2, 0) is 7.05 Å². The Hall–Kier alpha value is -3.29. The molecule has 8 heteroatoms. The lowest BCUT2D eigenvalue weighted by atomic mass is 10.2. The molecule has 2 N–H and O–H groups in total. The highest BCUT2D eigenvalue weighted by molar-refractivity contribution is 6.04. The monoisotopic (exact) mass is 311 g/mol. The first-order chi connectivity index (χ1) is 11.0. The third kappa shape index (κ3) is 2.73. The highest BCUT2D eigenvalue weighted by Crippen LogP contribution is 2.10. The van der Waals surface area contributed by atoms with Crippen molar-refractivity contribution in [1.29, 1.82) is 0 Å². The molecular weight excluding hydrogens is 298 g/mol. The Morgan fingerprint density at radius 1 is 1.30 bits per heavy atom. The van der Waals surface area contributed by atoms with Gasteiger partial charge in [-0.05, 0) is 25.1 Å². The van der Waals surface area contributed by atoms with Crippen LogP contribution in [0, 0.1) is 6.92 Å². The molecule has 0 spiro atoms. The van der Waals surface area contributed by atoms with Gasteiger partial charge in [-0.15, -0.1) is 0 Å². The van der Waals surface area contributed by atoms with Crippen LogP contribution in [0.3, 0.4) is 0 Å². The van der Waals surface area contributed by atoms with Gasteiger partial charge in [0.25, 0.3) is 17.0 Å². The second kappa shape index (κ2) is 5.48. The number of fused-ring (bicyclic) bond motifs is 1. The van der Waals surface area contributed by atoms with Gasteiger partial charge in [0.15, 0.2) is 0 Å². The van der Waals surface area contributed by atoms with Crippen LogP contribution in [0.15, 0.2) is 40.1 Å². The molecule has 8 nitrogen and oxygen atoms in total. The average Bonchev–Trinajstić information content (AvgIpc) is 2.49. The van der Waals surface area contributed by atoms with Crippen molar-refractivity contribution in [3.63, 3.8) is 0 Å². The Kier molecular flexibility index (Phi) is 3.49. The average molecular weight is 311 g/mol. The number of carbonyl (C=O) groups excluding carboxylic acids is 1. The molecule has 0 aromatic carbocycles. The van der Waals surface area contributed by atoms with Crippen LogP contribution >= 0.6 is 0 Å². The number of pyridine rings is 2. The first-order valence-electron chi connectivity index (χ1n) is 6.80. The van der Waals surface area contributed by atoms with Gasteiger partial charge in [-0.25, -0.2) is 9.97 Å². The van der Waals surface area contributed by atoms with E-state index in [1.807, 2.05) is 0 Å². The summed E-state index contributed by atoms with van der Waals surface area (Å²) in [6.45, 7) is 1.63. The Morgan fingerprint density at radius 3 is 2.83 bits per heavy atom. The van der Waals surface area contributed by atoms with Crippen LogP contribution < -0.4 is 16.4 Å². The minimum atomic E-state index is -0.648. The van der Waals surface area contributed by atoms with Gasteiger partial charge in [-0.2, -0.15) is 0 Å². The van der Waals surface area contributed by atoms with Gasteiger partial charge in [0.05, 0.1) is 0 Å². The summed E-state index contributed by atoms with van der Waals surface area (Å²) < 4.78 is 1.30. The number of hydrogen-bond donors (Lipinski definition) is 2. The first kappa shape index (κ1) is 14.6. The summed E-state index contributed by atoms with van der Waals surface area (Å²) in [5.41, 5.74) is 0.0140. The number of aryl methyl sites for hydroxylation is 2. The van der Waals surface area contributed by atoms with Crippen LogP contribution in [0.2, 0.25) is 0 Å². The predicted molar refractivity (Wildman–Crippen MR) is 84.5 cm³/mol. The minimum absolute atomic E-state index is 0.00617. The van der Waals surface area contributed by atoms with Crippen molar-refractivity contribution in [1.82, 2.24) is 19.5 Å². The van der Waals surface area contributed by atoms with Crippen LogP contribution in [0.4, 0.5) is 5.95 Å².